The number of ether oxygens (including phenoxy) is 3. The first-order valence-electron chi connectivity index (χ1n) is 10.9. The van der Waals surface area contributed by atoms with Crippen LogP contribution in [0.2, 0.25) is 5.02 Å². The van der Waals surface area contributed by atoms with Gasteiger partial charge in [-0.1, -0.05) is 18.5 Å². The van der Waals surface area contributed by atoms with Crippen LogP contribution in [0.15, 0.2) is 42.1 Å². The average molecular weight is 515 g/mol. The van der Waals surface area contributed by atoms with E-state index in [1.54, 1.807) is 19.1 Å². The molecule has 11 heteroatoms. The van der Waals surface area contributed by atoms with Crippen LogP contribution < -0.4 is 24.8 Å². The van der Waals surface area contributed by atoms with Gasteiger partial charge in [0.05, 0.1) is 14.2 Å². The summed E-state index contributed by atoms with van der Waals surface area (Å²) in [5, 5.41) is 14.2. The Labute approximate surface area is 211 Å². The lowest BCUT2D eigenvalue weighted by atomic mass is 9.74. The van der Waals surface area contributed by atoms with Gasteiger partial charge >= 0.3 is 5.97 Å². The van der Waals surface area contributed by atoms with Crippen LogP contribution in [0.3, 0.4) is 0 Å². The summed E-state index contributed by atoms with van der Waals surface area (Å²) in [6.45, 7) is 1.26. The van der Waals surface area contributed by atoms with Gasteiger partial charge in [-0.15, -0.1) is 0 Å². The van der Waals surface area contributed by atoms with Crippen LogP contribution in [-0.4, -0.2) is 54.9 Å². The molecule has 0 saturated heterocycles. The van der Waals surface area contributed by atoms with E-state index < -0.39 is 41.5 Å². The number of carbonyl (C=O) groups excluding carboxylic acids is 3. The first kappa shape index (κ1) is 25.1. The first-order valence-corrected chi connectivity index (χ1v) is 11.3. The maximum atomic E-state index is 13.5. The molecule has 1 aliphatic carbocycles. The third kappa shape index (κ3) is 4.13. The Bertz CT molecular complexity index is 1300. The van der Waals surface area contributed by atoms with Crippen molar-refractivity contribution in [2.45, 2.75) is 18.9 Å². The largest absolute Gasteiger partial charge is 0.496 e. The monoisotopic (exact) mass is 514 g/mol. The predicted molar refractivity (Wildman–Crippen MR) is 129 cm³/mol. The summed E-state index contributed by atoms with van der Waals surface area (Å²) in [5.41, 5.74) is -0.229. The van der Waals surface area contributed by atoms with Gasteiger partial charge in [0.25, 0.3) is 5.91 Å². The number of anilines is 1. The smallest absolute Gasteiger partial charge is 0.322 e. The summed E-state index contributed by atoms with van der Waals surface area (Å²) in [6.07, 6.45) is 1.64. The van der Waals surface area contributed by atoms with E-state index in [4.69, 9.17) is 30.9 Å². The molecule has 188 valence electrons. The highest BCUT2D eigenvalue weighted by Gasteiger charge is 2.60. The lowest BCUT2D eigenvalue weighted by Crippen LogP contribution is -2.55. The third-order valence-corrected chi connectivity index (χ3v) is 6.52. The minimum atomic E-state index is -1.77. The first-order chi connectivity index (χ1) is 17.1. The molecule has 0 radical (unpaired) electrons. The number of hydrogen-bond acceptors (Lipinski definition) is 8. The van der Waals surface area contributed by atoms with Crippen LogP contribution in [0.1, 0.15) is 34.1 Å². The Hall–Kier alpha value is -4.05. The number of carbonyl (C=O) groups is 4. The Kier molecular flexibility index (Phi) is 6.64. The van der Waals surface area contributed by atoms with E-state index in [1.165, 1.54) is 38.5 Å². The third-order valence-electron chi connectivity index (χ3n) is 6.16. The fraction of sp³-hybridized carbons (Fsp3) is 0.280. The number of amides is 1. The molecule has 1 amide bonds. The molecule has 10 nitrogen and oxygen atoms in total. The SMILES string of the molecule is COc1cc(OC)c2c(c1Cl)OC1(C(=O)C=C(Nc3ccc(C(=O)NCC(=O)O)cc3)CC1C)C2=O. The summed E-state index contributed by atoms with van der Waals surface area (Å²) in [6, 6.07) is 7.78. The molecule has 0 aromatic heterocycles. The molecule has 0 saturated carbocycles. The second-order valence-corrected chi connectivity index (χ2v) is 8.76. The Balaban J connectivity index is 1.56. The minimum Gasteiger partial charge on any atom is -0.496 e. The Morgan fingerprint density at radius 1 is 1.17 bits per heavy atom. The molecule has 2 aromatic carbocycles. The van der Waals surface area contributed by atoms with E-state index in [0.717, 1.165) is 0 Å². The number of rotatable bonds is 7. The topological polar surface area (TPSA) is 140 Å². The Morgan fingerprint density at radius 3 is 2.42 bits per heavy atom. The van der Waals surface area contributed by atoms with Gasteiger partial charge in [0.2, 0.25) is 17.2 Å². The fourth-order valence-corrected chi connectivity index (χ4v) is 4.63. The minimum absolute atomic E-state index is 0.0552. The highest BCUT2D eigenvalue weighted by Crippen LogP contribution is 2.53. The molecule has 36 heavy (non-hydrogen) atoms. The molecule has 2 aliphatic rings. The van der Waals surface area contributed by atoms with E-state index >= 15 is 0 Å². The van der Waals surface area contributed by atoms with Crippen LogP contribution in [0.4, 0.5) is 5.69 Å². The predicted octanol–water partition coefficient (Wildman–Crippen LogP) is 3.09. The van der Waals surface area contributed by atoms with Crippen LogP contribution in [0.25, 0.3) is 0 Å². The molecule has 2 aromatic rings. The zero-order valence-electron chi connectivity index (χ0n) is 19.6. The van der Waals surface area contributed by atoms with Crippen molar-refractivity contribution in [3.63, 3.8) is 0 Å². The summed E-state index contributed by atoms with van der Waals surface area (Å²) < 4.78 is 16.6. The van der Waals surface area contributed by atoms with Crippen molar-refractivity contribution in [1.82, 2.24) is 5.32 Å². The van der Waals surface area contributed by atoms with Gasteiger partial charge in [-0.2, -0.15) is 0 Å². The maximum absolute atomic E-state index is 13.5. The number of methoxy groups -OCH3 is 2. The van der Waals surface area contributed by atoms with Crippen LogP contribution >= 0.6 is 11.6 Å². The van der Waals surface area contributed by atoms with E-state index in [1.807, 2.05) is 0 Å². The van der Waals surface area contributed by atoms with E-state index in [2.05, 4.69) is 10.6 Å². The van der Waals surface area contributed by atoms with Crippen molar-refractivity contribution in [3.05, 3.63) is 58.3 Å². The normalized spacial score (nSPS) is 20.3. The number of nitrogens with one attached hydrogen (secondary N) is 2. The molecule has 2 unspecified atom stereocenters. The number of fused-ring (bicyclic) bond motifs is 1. The van der Waals surface area contributed by atoms with Gasteiger partial charge in [0.15, 0.2) is 5.75 Å². The van der Waals surface area contributed by atoms with Gasteiger partial charge < -0.3 is 30.0 Å². The number of ketones is 2. The fourth-order valence-electron chi connectivity index (χ4n) is 4.36. The zero-order valence-corrected chi connectivity index (χ0v) is 20.4. The van der Waals surface area contributed by atoms with Gasteiger partial charge in [0, 0.05) is 35.0 Å². The molecule has 1 heterocycles. The summed E-state index contributed by atoms with van der Waals surface area (Å²) in [4.78, 5) is 49.5. The lowest BCUT2D eigenvalue weighted by molar-refractivity contribution is -0.135. The Morgan fingerprint density at radius 2 is 1.83 bits per heavy atom. The summed E-state index contributed by atoms with van der Waals surface area (Å²) >= 11 is 6.40. The number of carboxylic acid groups (broad SMARTS) is 1. The quantitative estimate of drug-likeness (QED) is 0.475. The van der Waals surface area contributed by atoms with Crippen molar-refractivity contribution >= 4 is 40.7 Å². The van der Waals surface area contributed by atoms with Crippen molar-refractivity contribution in [2.24, 2.45) is 5.92 Å². The zero-order chi connectivity index (χ0) is 26.2. The standard InChI is InChI=1S/C25H23ClN2O8/c1-12-8-15(28-14-6-4-13(5-7-14)24(33)27-11-19(30)31)9-18(29)25(12)23(32)20-16(34-2)10-17(35-3)21(26)22(20)36-25/h4-7,9-10,12,28H,8,11H2,1-3H3,(H,27,33)(H,30,31). The van der Waals surface area contributed by atoms with Crippen LogP contribution in [0.5, 0.6) is 17.2 Å². The van der Waals surface area contributed by atoms with Gasteiger partial charge in [-0.3, -0.25) is 19.2 Å². The van der Waals surface area contributed by atoms with E-state index in [-0.39, 0.29) is 33.4 Å². The molecule has 1 spiro atoms. The van der Waals surface area contributed by atoms with Crippen LogP contribution in [0, 0.1) is 5.92 Å². The van der Waals surface area contributed by atoms with E-state index in [9.17, 15) is 19.2 Å². The molecule has 3 N–H and O–H groups in total. The number of aliphatic carboxylic acids is 1. The highest BCUT2D eigenvalue weighted by atomic mass is 35.5. The molecule has 0 fully saturated rings. The summed E-state index contributed by atoms with van der Waals surface area (Å²) in [7, 11) is 2.82. The van der Waals surface area contributed by atoms with Crippen molar-refractivity contribution in [3.8, 4) is 17.2 Å². The second kappa shape index (κ2) is 9.54. The van der Waals surface area contributed by atoms with Gasteiger partial charge in [-0.25, -0.2) is 0 Å². The van der Waals surface area contributed by atoms with Crippen molar-refractivity contribution < 1.29 is 38.5 Å². The summed E-state index contributed by atoms with van der Waals surface area (Å²) in [5.74, 6) is -2.76. The number of halogens is 1. The van der Waals surface area contributed by atoms with Crippen molar-refractivity contribution in [1.29, 1.82) is 0 Å². The molecule has 2 atom stereocenters. The number of allylic oxidation sites excluding steroid dienone is 1. The number of carboxylic acids is 1. The second-order valence-electron chi connectivity index (χ2n) is 8.38. The van der Waals surface area contributed by atoms with Gasteiger partial charge in [-0.05, 0) is 30.7 Å². The lowest BCUT2D eigenvalue weighted by Gasteiger charge is -2.35. The van der Waals surface area contributed by atoms with Gasteiger partial charge in [0.1, 0.15) is 28.6 Å². The maximum Gasteiger partial charge on any atom is 0.322 e. The molecule has 0 bridgehead atoms. The van der Waals surface area contributed by atoms with Crippen LogP contribution in [-0.2, 0) is 9.59 Å². The number of Topliss-reactive ketones (excluding diaryl/α,β-unsaturated/α-hetero) is 1. The molecule has 1 aliphatic heterocycles. The van der Waals surface area contributed by atoms with E-state index in [0.29, 0.717) is 17.8 Å². The molecule has 4 rings (SSSR count). The number of hydrogen-bond donors (Lipinski definition) is 3. The highest BCUT2D eigenvalue weighted by molar-refractivity contribution is 6.36. The number of benzene rings is 2. The molecular weight excluding hydrogens is 492 g/mol. The van der Waals surface area contributed by atoms with Crippen molar-refractivity contribution in [2.75, 3.05) is 26.1 Å². The molecular formula is C25H23ClN2O8. The average Bonchev–Trinajstić information content (AvgIpc) is 3.17.